The van der Waals surface area contributed by atoms with E-state index >= 15 is 0 Å². The van der Waals surface area contributed by atoms with E-state index < -0.39 is 11.7 Å². The number of aromatic nitrogens is 2. The molecule has 1 N–H and O–H groups in total. The summed E-state index contributed by atoms with van der Waals surface area (Å²) < 4.78 is 38.5. The number of nitrogens with zero attached hydrogens (tertiary/aromatic N) is 1. The molecule has 0 aliphatic rings. The third-order valence-electron chi connectivity index (χ3n) is 3.25. The summed E-state index contributed by atoms with van der Waals surface area (Å²) in [6.45, 7) is 0. The lowest BCUT2D eigenvalue weighted by atomic mass is 9.95. The quantitative estimate of drug-likeness (QED) is 0.723. The molecule has 0 unspecified atom stereocenters. The van der Waals surface area contributed by atoms with Gasteiger partial charge >= 0.3 is 6.18 Å². The van der Waals surface area contributed by atoms with Crippen molar-refractivity contribution in [3.05, 3.63) is 53.7 Å². The van der Waals surface area contributed by atoms with Gasteiger partial charge in [0.15, 0.2) is 6.29 Å². The number of hydrogen-bond donors (Lipinski definition) is 1. The van der Waals surface area contributed by atoms with Crippen LogP contribution in [0.5, 0.6) is 0 Å². The van der Waals surface area contributed by atoms with E-state index in [2.05, 4.69) is 10.2 Å². The minimum atomic E-state index is -4.43. The third kappa shape index (κ3) is 2.29. The first-order valence-corrected chi connectivity index (χ1v) is 6.10. The van der Waals surface area contributed by atoms with Gasteiger partial charge in [0.1, 0.15) is 0 Å². The van der Waals surface area contributed by atoms with E-state index in [9.17, 15) is 18.0 Å². The Morgan fingerprint density at radius 1 is 1.14 bits per heavy atom. The summed E-state index contributed by atoms with van der Waals surface area (Å²) in [5.74, 6) is 0. The topological polar surface area (TPSA) is 45.8 Å². The molecule has 0 aliphatic carbocycles. The number of hydrogen-bond acceptors (Lipinski definition) is 2. The number of rotatable bonds is 2. The molecule has 3 aromatic rings. The maximum Gasteiger partial charge on any atom is 0.416 e. The Morgan fingerprint density at radius 3 is 2.67 bits per heavy atom. The molecule has 0 amide bonds. The monoisotopic (exact) mass is 290 g/mol. The standard InChI is InChI=1S/C15H9F3N2O/c16-15(17,18)11-3-1-2-9(6-11)14-10(8-21)4-5-13-12(14)7-19-20-13/h1-8H,(H,19,20). The van der Waals surface area contributed by atoms with Crippen molar-refractivity contribution in [1.29, 1.82) is 0 Å². The molecule has 0 saturated carbocycles. The summed E-state index contributed by atoms with van der Waals surface area (Å²) in [5, 5.41) is 7.25. The van der Waals surface area contributed by atoms with Crippen molar-refractivity contribution >= 4 is 17.2 Å². The van der Waals surface area contributed by atoms with Gasteiger partial charge in [-0.25, -0.2) is 0 Å². The summed E-state index contributed by atoms with van der Waals surface area (Å²) in [6.07, 6.45) is -2.23. The van der Waals surface area contributed by atoms with Crippen LogP contribution in [0.2, 0.25) is 0 Å². The minimum absolute atomic E-state index is 0.322. The van der Waals surface area contributed by atoms with E-state index in [1.54, 1.807) is 24.4 Å². The number of aromatic amines is 1. The predicted molar refractivity (Wildman–Crippen MR) is 71.9 cm³/mol. The SMILES string of the molecule is O=Cc1ccc2n[nH]cc2c1-c1cccc(C(F)(F)F)c1. The smallest absolute Gasteiger partial charge is 0.298 e. The van der Waals surface area contributed by atoms with Crippen molar-refractivity contribution < 1.29 is 18.0 Å². The van der Waals surface area contributed by atoms with Crippen molar-refractivity contribution in [3.63, 3.8) is 0 Å². The summed E-state index contributed by atoms with van der Waals surface area (Å²) in [7, 11) is 0. The Balaban J connectivity index is 2.29. The second-order valence-electron chi connectivity index (χ2n) is 4.54. The van der Waals surface area contributed by atoms with Crippen LogP contribution in [0.15, 0.2) is 42.6 Å². The number of nitrogens with one attached hydrogen (secondary N) is 1. The van der Waals surface area contributed by atoms with Crippen LogP contribution in [0.25, 0.3) is 22.0 Å². The molecule has 0 saturated heterocycles. The van der Waals surface area contributed by atoms with Crippen molar-refractivity contribution in [3.8, 4) is 11.1 Å². The summed E-state index contributed by atoms with van der Waals surface area (Å²) in [4.78, 5) is 11.2. The Hall–Kier alpha value is -2.63. The predicted octanol–water partition coefficient (Wildman–Crippen LogP) is 4.06. The van der Waals surface area contributed by atoms with Crippen molar-refractivity contribution in [1.82, 2.24) is 10.2 Å². The van der Waals surface area contributed by atoms with Gasteiger partial charge in [-0.2, -0.15) is 18.3 Å². The Morgan fingerprint density at radius 2 is 1.95 bits per heavy atom. The first-order chi connectivity index (χ1) is 10.0. The molecule has 106 valence electrons. The lowest BCUT2D eigenvalue weighted by Crippen LogP contribution is -2.04. The van der Waals surface area contributed by atoms with Gasteiger partial charge in [0, 0.05) is 22.7 Å². The summed E-state index contributed by atoms with van der Waals surface area (Å²) >= 11 is 0. The number of aldehydes is 1. The van der Waals surface area contributed by atoms with E-state index in [-0.39, 0.29) is 0 Å². The molecular formula is C15H9F3N2O. The number of benzene rings is 2. The fraction of sp³-hybridized carbons (Fsp3) is 0.0667. The number of carbonyl (C=O) groups excluding carboxylic acids is 1. The van der Waals surface area contributed by atoms with Crippen LogP contribution in [0.4, 0.5) is 13.2 Å². The van der Waals surface area contributed by atoms with Gasteiger partial charge in [-0.15, -0.1) is 0 Å². The highest BCUT2D eigenvalue weighted by Crippen LogP contribution is 2.35. The van der Waals surface area contributed by atoms with Crippen LogP contribution >= 0.6 is 0 Å². The van der Waals surface area contributed by atoms with E-state index in [1.165, 1.54) is 6.07 Å². The van der Waals surface area contributed by atoms with Gasteiger partial charge < -0.3 is 0 Å². The number of fused-ring (bicyclic) bond motifs is 1. The van der Waals surface area contributed by atoms with Gasteiger partial charge in [-0.3, -0.25) is 9.89 Å². The zero-order chi connectivity index (χ0) is 15.0. The molecule has 1 aromatic heterocycles. The highest BCUT2D eigenvalue weighted by molar-refractivity contribution is 6.03. The zero-order valence-corrected chi connectivity index (χ0v) is 10.6. The molecule has 0 bridgehead atoms. The van der Waals surface area contributed by atoms with E-state index in [0.29, 0.717) is 33.9 Å². The fourth-order valence-corrected chi connectivity index (χ4v) is 2.31. The summed E-state index contributed by atoms with van der Waals surface area (Å²) in [6, 6.07) is 8.10. The number of H-pyrrole nitrogens is 1. The first kappa shape index (κ1) is 13.4. The average molecular weight is 290 g/mol. The van der Waals surface area contributed by atoms with Crippen LogP contribution in [0.3, 0.4) is 0 Å². The van der Waals surface area contributed by atoms with E-state index in [0.717, 1.165) is 12.1 Å². The van der Waals surface area contributed by atoms with E-state index in [1.807, 2.05) is 0 Å². The maximum atomic E-state index is 12.8. The van der Waals surface area contributed by atoms with Crippen LogP contribution in [0.1, 0.15) is 15.9 Å². The molecule has 3 nitrogen and oxygen atoms in total. The summed E-state index contributed by atoms with van der Waals surface area (Å²) in [5.41, 5.74) is 0.940. The Bertz CT molecular complexity index is 821. The van der Waals surface area contributed by atoms with Gasteiger partial charge in [-0.1, -0.05) is 12.1 Å². The molecule has 21 heavy (non-hydrogen) atoms. The molecule has 0 radical (unpaired) electrons. The molecule has 0 spiro atoms. The van der Waals surface area contributed by atoms with Gasteiger partial charge in [0.2, 0.25) is 0 Å². The molecule has 3 rings (SSSR count). The van der Waals surface area contributed by atoms with Gasteiger partial charge in [0.05, 0.1) is 11.1 Å². The van der Waals surface area contributed by atoms with Crippen LogP contribution in [-0.2, 0) is 6.18 Å². The molecule has 1 heterocycles. The molecule has 6 heteroatoms. The normalized spacial score (nSPS) is 11.8. The molecule has 0 atom stereocenters. The molecular weight excluding hydrogens is 281 g/mol. The number of halogens is 3. The van der Waals surface area contributed by atoms with Crippen LogP contribution in [-0.4, -0.2) is 16.5 Å². The van der Waals surface area contributed by atoms with Gasteiger partial charge in [0.25, 0.3) is 0 Å². The molecule has 2 aromatic carbocycles. The second kappa shape index (κ2) is 4.73. The van der Waals surface area contributed by atoms with Crippen molar-refractivity contribution in [2.75, 3.05) is 0 Å². The van der Waals surface area contributed by atoms with Crippen molar-refractivity contribution in [2.45, 2.75) is 6.18 Å². The number of carbonyl (C=O) groups is 1. The highest BCUT2D eigenvalue weighted by atomic mass is 19.4. The lowest BCUT2D eigenvalue weighted by Gasteiger charge is -2.11. The Kier molecular flexibility index (Phi) is 3.01. The van der Waals surface area contributed by atoms with E-state index in [4.69, 9.17) is 0 Å². The van der Waals surface area contributed by atoms with Crippen LogP contribution < -0.4 is 0 Å². The first-order valence-electron chi connectivity index (χ1n) is 6.10. The van der Waals surface area contributed by atoms with Crippen molar-refractivity contribution in [2.24, 2.45) is 0 Å². The molecule has 0 aliphatic heterocycles. The zero-order valence-electron chi connectivity index (χ0n) is 10.6. The fourth-order valence-electron chi connectivity index (χ4n) is 2.31. The largest absolute Gasteiger partial charge is 0.416 e. The minimum Gasteiger partial charge on any atom is -0.298 e. The highest BCUT2D eigenvalue weighted by Gasteiger charge is 2.30. The van der Waals surface area contributed by atoms with Crippen LogP contribution in [0, 0.1) is 0 Å². The van der Waals surface area contributed by atoms with Gasteiger partial charge in [-0.05, 0) is 29.8 Å². The lowest BCUT2D eigenvalue weighted by molar-refractivity contribution is -0.137. The molecule has 0 fully saturated rings. The third-order valence-corrected chi connectivity index (χ3v) is 3.25. The number of alkyl halides is 3. The second-order valence-corrected chi connectivity index (χ2v) is 4.54. The average Bonchev–Trinajstić information content (AvgIpc) is 2.93. The maximum absolute atomic E-state index is 12.8. The Labute approximate surface area is 117 Å².